The predicted molar refractivity (Wildman–Crippen MR) is 42.5 cm³/mol. The maximum absolute atomic E-state index is 12.8. The molecule has 0 heterocycles. The summed E-state index contributed by atoms with van der Waals surface area (Å²) in [6, 6.07) is 1.96. The zero-order valence-electron chi connectivity index (χ0n) is 6.62. The van der Waals surface area contributed by atoms with E-state index < -0.39 is 24.1 Å². The molecular weight excluding hydrogens is 177 g/mol. The van der Waals surface area contributed by atoms with Gasteiger partial charge in [0.1, 0.15) is 0 Å². The van der Waals surface area contributed by atoms with Crippen LogP contribution >= 0.6 is 0 Å². The van der Waals surface area contributed by atoms with Crippen LogP contribution in [0.15, 0.2) is 12.1 Å². The molecule has 1 aromatic rings. The molecule has 0 unspecified atom stereocenters. The van der Waals surface area contributed by atoms with E-state index in [9.17, 15) is 9.18 Å². The molecule has 5 heteroatoms. The fourth-order valence-corrected chi connectivity index (χ4v) is 0.919. The van der Waals surface area contributed by atoms with Crippen LogP contribution in [0, 0.1) is 5.82 Å². The van der Waals surface area contributed by atoms with Gasteiger partial charge in [-0.25, -0.2) is 4.39 Å². The van der Waals surface area contributed by atoms with Crippen molar-refractivity contribution in [2.24, 2.45) is 5.73 Å². The Hall–Kier alpha value is -1.62. The molecule has 0 radical (unpaired) electrons. The number of rotatable bonds is 2. The van der Waals surface area contributed by atoms with Gasteiger partial charge in [-0.05, 0) is 12.1 Å². The van der Waals surface area contributed by atoms with Crippen molar-refractivity contribution in [3.05, 3.63) is 29.1 Å². The van der Waals surface area contributed by atoms with Crippen LogP contribution in [0.5, 0.6) is 5.75 Å². The van der Waals surface area contributed by atoms with E-state index in [1.165, 1.54) is 0 Å². The lowest BCUT2D eigenvalue weighted by atomic mass is 10.1. The van der Waals surface area contributed by atoms with Crippen LogP contribution in [0.2, 0.25) is 0 Å². The number of carbonyl (C=O) groups excluding carboxylic acids is 1. The highest BCUT2D eigenvalue weighted by molar-refractivity contribution is 5.93. The van der Waals surface area contributed by atoms with Gasteiger partial charge in [-0.2, -0.15) is 0 Å². The average Bonchev–Trinajstić information content (AvgIpc) is 2.09. The topological polar surface area (TPSA) is 83.6 Å². The van der Waals surface area contributed by atoms with Gasteiger partial charge >= 0.3 is 0 Å². The molecule has 1 amide bonds. The first-order chi connectivity index (χ1) is 6.06. The van der Waals surface area contributed by atoms with E-state index >= 15 is 0 Å². The van der Waals surface area contributed by atoms with Crippen LogP contribution in [0.4, 0.5) is 4.39 Å². The van der Waals surface area contributed by atoms with Crippen molar-refractivity contribution in [1.82, 2.24) is 0 Å². The molecule has 0 aliphatic rings. The van der Waals surface area contributed by atoms with E-state index in [4.69, 9.17) is 15.9 Å². The Balaban J connectivity index is 3.30. The quantitative estimate of drug-likeness (QED) is 0.612. The van der Waals surface area contributed by atoms with Crippen LogP contribution in [0.1, 0.15) is 15.9 Å². The van der Waals surface area contributed by atoms with Crippen molar-refractivity contribution in [2.45, 2.75) is 6.61 Å². The highest BCUT2D eigenvalue weighted by Gasteiger charge is 2.11. The van der Waals surface area contributed by atoms with E-state index in [2.05, 4.69) is 0 Å². The number of phenols is 1. The van der Waals surface area contributed by atoms with Gasteiger partial charge in [0.15, 0.2) is 11.6 Å². The Bertz CT molecular complexity index is 351. The highest BCUT2D eigenvalue weighted by Crippen LogP contribution is 2.22. The number of nitrogens with two attached hydrogens (primary N) is 1. The maximum atomic E-state index is 12.8. The van der Waals surface area contributed by atoms with Crippen molar-refractivity contribution in [2.75, 3.05) is 0 Å². The standard InChI is InChI=1S/C8H8FNO3/c9-6-2-4(8(10)13)1-5(3-11)7(6)12/h1-2,11-12H,3H2,(H2,10,13). The first kappa shape index (κ1) is 9.47. The number of aliphatic hydroxyl groups excluding tert-OH is 1. The fraction of sp³-hybridized carbons (Fsp3) is 0.125. The van der Waals surface area contributed by atoms with Gasteiger partial charge in [-0.3, -0.25) is 4.79 Å². The minimum Gasteiger partial charge on any atom is -0.505 e. The lowest BCUT2D eigenvalue weighted by Gasteiger charge is -2.04. The first-order valence-corrected chi connectivity index (χ1v) is 3.48. The SMILES string of the molecule is NC(=O)c1cc(F)c(O)c(CO)c1. The lowest BCUT2D eigenvalue weighted by Crippen LogP contribution is -2.11. The van der Waals surface area contributed by atoms with Gasteiger partial charge in [0.05, 0.1) is 6.61 Å². The number of primary amides is 1. The Morgan fingerprint density at radius 2 is 2.15 bits per heavy atom. The van der Waals surface area contributed by atoms with Crippen molar-refractivity contribution in [1.29, 1.82) is 0 Å². The van der Waals surface area contributed by atoms with Crippen LogP contribution < -0.4 is 5.73 Å². The molecule has 0 aromatic heterocycles. The van der Waals surface area contributed by atoms with Gasteiger partial charge in [-0.15, -0.1) is 0 Å². The maximum Gasteiger partial charge on any atom is 0.248 e. The largest absolute Gasteiger partial charge is 0.505 e. The van der Waals surface area contributed by atoms with Crippen molar-refractivity contribution >= 4 is 5.91 Å². The summed E-state index contributed by atoms with van der Waals surface area (Å²) in [4.78, 5) is 10.6. The molecule has 0 aliphatic heterocycles. The summed E-state index contributed by atoms with van der Waals surface area (Å²) in [6.45, 7) is -0.552. The first-order valence-electron chi connectivity index (χ1n) is 3.48. The average molecular weight is 185 g/mol. The number of aromatic hydroxyl groups is 1. The molecule has 0 saturated carbocycles. The van der Waals surface area contributed by atoms with E-state index in [-0.39, 0.29) is 11.1 Å². The molecule has 0 aliphatic carbocycles. The third-order valence-electron chi connectivity index (χ3n) is 1.60. The Morgan fingerprint density at radius 3 is 2.62 bits per heavy atom. The molecule has 0 fully saturated rings. The second-order valence-electron chi connectivity index (χ2n) is 2.49. The smallest absolute Gasteiger partial charge is 0.248 e. The summed E-state index contributed by atoms with van der Waals surface area (Å²) in [5.74, 6) is -2.44. The number of hydrogen-bond donors (Lipinski definition) is 3. The van der Waals surface area contributed by atoms with Crippen LogP contribution in [-0.2, 0) is 6.61 Å². The molecule has 13 heavy (non-hydrogen) atoms. The molecule has 0 atom stereocenters. The van der Waals surface area contributed by atoms with Crippen molar-refractivity contribution in [3.8, 4) is 5.75 Å². The third-order valence-corrected chi connectivity index (χ3v) is 1.60. The summed E-state index contributed by atoms with van der Waals surface area (Å²) >= 11 is 0. The fourth-order valence-electron chi connectivity index (χ4n) is 0.919. The summed E-state index contributed by atoms with van der Waals surface area (Å²) in [5.41, 5.74) is 4.74. The molecule has 4 N–H and O–H groups in total. The minimum atomic E-state index is -0.972. The molecule has 70 valence electrons. The highest BCUT2D eigenvalue weighted by atomic mass is 19.1. The molecular formula is C8H8FNO3. The van der Waals surface area contributed by atoms with Gasteiger partial charge in [-0.1, -0.05) is 0 Å². The molecule has 0 saturated heterocycles. The minimum absolute atomic E-state index is 0.0613. The lowest BCUT2D eigenvalue weighted by molar-refractivity contribution is 0.0999. The molecule has 0 bridgehead atoms. The van der Waals surface area contributed by atoms with E-state index in [1.807, 2.05) is 0 Å². The zero-order chi connectivity index (χ0) is 10.0. The molecule has 4 nitrogen and oxygen atoms in total. The van der Waals surface area contributed by atoms with E-state index in [0.717, 1.165) is 12.1 Å². The van der Waals surface area contributed by atoms with Gasteiger partial charge < -0.3 is 15.9 Å². The molecule has 1 rings (SSSR count). The zero-order valence-corrected chi connectivity index (χ0v) is 6.62. The normalized spacial score (nSPS) is 10.0. The van der Waals surface area contributed by atoms with Crippen LogP contribution in [0.3, 0.4) is 0 Å². The van der Waals surface area contributed by atoms with Crippen molar-refractivity contribution in [3.63, 3.8) is 0 Å². The monoisotopic (exact) mass is 185 g/mol. The number of amides is 1. The molecule has 0 spiro atoms. The summed E-state index contributed by atoms with van der Waals surface area (Å²) in [5, 5.41) is 17.7. The summed E-state index contributed by atoms with van der Waals surface area (Å²) < 4.78 is 12.8. The predicted octanol–water partition coefficient (Wildman–Crippen LogP) is 0.123. The van der Waals surface area contributed by atoms with Crippen LogP contribution in [-0.4, -0.2) is 16.1 Å². The summed E-state index contributed by atoms with van der Waals surface area (Å²) in [6.07, 6.45) is 0. The Kier molecular flexibility index (Phi) is 2.48. The van der Waals surface area contributed by atoms with Gasteiger partial charge in [0, 0.05) is 11.1 Å². The third kappa shape index (κ3) is 1.75. The van der Waals surface area contributed by atoms with Crippen LogP contribution in [0.25, 0.3) is 0 Å². The van der Waals surface area contributed by atoms with E-state index in [0.29, 0.717) is 0 Å². The van der Waals surface area contributed by atoms with Gasteiger partial charge in [0.2, 0.25) is 5.91 Å². The second kappa shape index (κ2) is 3.40. The Morgan fingerprint density at radius 1 is 1.54 bits per heavy atom. The number of hydrogen-bond acceptors (Lipinski definition) is 3. The van der Waals surface area contributed by atoms with E-state index in [1.54, 1.807) is 0 Å². The second-order valence-corrected chi connectivity index (χ2v) is 2.49. The van der Waals surface area contributed by atoms with Crippen molar-refractivity contribution < 1.29 is 19.4 Å². The summed E-state index contributed by atoms with van der Waals surface area (Å²) in [7, 11) is 0. The number of carbonyl (C=O) groups is 1. The number of benzene rings is 1. The number of halogens is 1. The Labute approximate surface area is 73.4 Å². The number of aliphatic hydroxyl groups is 1. The molecule has 1 aromatic carbocycles. The van der Waals surface area contributed by atoms with Gasteiger partial charge in [0.25, 0.3) is 0 Å².